The fourth-order valence-corrected chi connectivity index (χ4v) is 3.05. The summed E-state index contributed by atoms with van der Waals surface area (Å²) in [6, 6.07) is 0. The minimum Gasteiger partial charge on any atom is -0.391 e. The van der Waals surface area contributed by atoms with Crippen LogP contribution in [0.3, 0.4) is 0 Å². The van der Waals surface area contributed by atoms with E-state index in [1.54, 1.807) is 0 Å². The predicted molar refractivity (Wildman–Crippen MR) is 86.2 cm³/mol. The van der Waals surface area contributed by atoms with E-state index in [4.69, 9.17) is 18.0 Å². The fraction of sp³-hybridized carbons (Fsp3) is 0.692. The molecule has 0 atom stereocenters. The first kappa shape index (κ1) is 17.0. The number of nitrogens with two attached hydrogens (primary N) is 1. The molecule has 0 radical (unpaired) electrons. The van der Waals surface area contributed by atoms with E-state index in [0.29, 0.717) is 28.4 Å². The van der Waals surface area contributed by atoms with Crippen LogP contribution in [0.2, 0.25) is 0 Å². The number of rotatable bonds is 5. The Morgan fingerprint density at radius 1 is 1.35 bits per heavy atom. The van der Waals surface area contributed by atoms with Crippen molar-refractivity contribution in [2.45, 2.75) is 58.4 Å². The van der Waals surface area contributed by atoms with E-state index in [2.05, 4.69) is 14.9 Å². The number of thiocarbonyl (C=S) groups is 1. The van der Waals surface area contributed by atoms with E-state index in [9.17, 15) is 4.79 Å². The Kier molecular flexibility index (Phi) is 5.21. The average molecular weight is 314 g/mol. The second-order valence-electron chi connectivity index (χ2n) is 5.81. The zero-order valence-electron chi connectivity index (χ0n) is 12.6. The molecule has 0 aliphatic carbocycles. The van der Waals surface area contributed by atoms with Gasteiger partial charge in [0.15, 0.2) is 0 Å². The second-order valence-corrected chi connectivity index (χ2v) is 7.00. The van der Waals surface area contributed by atoms with Crippen molar-refractivity contribution in [3.63, 3.8) is 0 Å². The van der Waals surface area contributed by atoms with Crippen molar-refractivity contribution in [3.05, 3.63) is 10.6 Å². The van der Waals surface area contributed by atoms with E-state index in [1.165, 1.54) is 0 Å². The van der Waals surface area contributed by atoms with Gasteiger partial charge >= 0.3 is 0 Å². The summed E-state index contributed by atoms with van der Waals surface area (Å²) in [5, 5.41) is 7.05. The third kappa shape index (κ3) is 3.32. The monoisotopic (exact) mass is 314 g/mol. The van der Waals surface area contributed by atoms with Crippen molar-refractivity contribution in [3.8, 4) is 0 Å². The summed E-state index contributed by atoms with van der Waals surface area (Å²) in [7, 11) is 0. The Morgan fingerprint density at radius 2 is 1.90 bits per heavy atom. The quantitative estimate of drug-likeness (QED) is 0.816. The maximum Gasteiger partial charge on any atom is 0.265 e. The average Bonchev–Trinajstić information content (AvgIpc) is 2.84. The Balaban J connectivity index is 3.09. The van der Waals surface area contributed by atoms with Gasteiger partial charge < -0.3 is 11.1 Å². The first-order valence-electron chi connectivity index (χ1n) is 6.63. The summed E-state index contributed by atoms with van der Waals surface area (Å²) in [4.78, 5) is 13.4. The van der Waals surface area contributed by atoms with Crippen molar-refractivity contribution in [2.75, 3.05) is 0 Å². The van der Waals surface area contributed by atoms with E-state index in [0.717, 1.165) is 11.5 Å². The smallest absolute Gasteiger partial charge is 0.265 e. The highest BCUT2D eigenvalue weighted by Crippen LogP contribution is 2.26. The van der Waals surface area contributed by atoms with Crippen LogP contribution >= 0.6 is 23.8 Å². The molecule has 1 amide bonds. The highest BCUT2D eigenvalue weighted by atomic mass is 32.1. The number of carbonyl (C=O) groups excluding carboxylic acids is 1. The Morgan fingerprint density at radius 3 is 2.30 bits per heavy atom. The Hall–Kier alpha value is -1.08. The van der Waals surface area contributed by atoms with Gasteiger partial charge in [-0.15, -0.1) is 5.10 Å². The summed E-state index contributed by atoms with van der Waals surface area (Å²) >= 11 is 6.22. The SMILES string of the molecule is CCC(CC)(NC(=O)c1snnc1C(C)(C)C)C(N)=S. The van der Waals surface area contributed by atoms with Crippen LogP contribution in [0.4, 0.5) is 0 Å². The lowest BCUT2D eigenvalue weighted by Crippen LogP contribution is -2.56. The van der Waals surface area contributed by atoms with Gasteiger partial charge in [0.1, 0.15) is 4.88 Å². The summed E-state index contributed by atoms with van der Waals surface area (Å²) in [6.45, 7) is 9.92. The van der Waals surface area contributed by atoms with Crippen LogP contribution in [0.1, 0.15) is 62.8 Å². The lowest BCUT2D eigenvalue weighted by Gasteiger charge is -2.31. The van der Waals surface area contributed by atoms with Crippen LogP contribution in [-0.4, -0.2) is 26.0 Å². The van der Waals surface area contributed by atoms with Crippen molar-refractivity contribution in [2.24, 2.45) is 5.73 Å². The van der Waals surface area contributed by atoms with Crippen molar-refractivity contribution >= 4 is 34.6 Å². The topological polar surface area (TPSA) is 80.9 Å². The molecule has 0 saturated heterocycles. The summed E-state index contributed by atoms with van der Waals surface area (Å²) < 4.78 is 3.90. The molecule has 0 aromatic carbocycles. The highest BCUT2D eigenvalue weighted by Gasteiger charge is 2.34. The van der Waals surface area contributed by atoms with Crippen LogP contribution < -0.4 is 11.1 Å². The number of aromatic nitrogens is 2. The van der Waals surface area contributed by atoms with Gasteiger partial charge in [0.05, 0.1) is 16.2 Å². The van der Waals surface area contributed by atoms with E-state index < -0.39 is 5.54 Å². The van der Waals surface area contributed by atoms with E-state index in [-0.39, 0.29) is 11.3 Å². The van der Waals surface area contributed by atoms with Gasteiger partial charge in [-0.05, 0) is 24.4 Å². The Bertz CT molecular complexity index is 501. The lowest BCUT2D eigenvalue weighted by molar-refractivity contribution is 0.0921. The molecular weight excluding hydrogens is 292 g/mol. The molecule has 1 rings (SSSR count). The first-order chi connectivity index (χ1) is 9.18. The summed E-state index contributed by atoms with van der Waals surface area (Å²) in [6.07, 6.45) is 1.31. The number of nitrogens with zero attached hydrogens (tertiary/aromatic N) is 2. The van der Waals surface area contributed by atoms with Gasteiger partial charge in [0.25, 0.3) is 5.91 Å². The number of carbonyl (C=O) groups is 1. The van der Waals surface area contributed by atoms with E-state index >= 15 is 0 Å². The molecule has 112 valence electrons. The summed E-state index contributed by atoms with van der Waals surface area (Å²) in [5.41, 5.74) is 5.63. The third-order valence-corrected chi connectivity index (χ3v) is 4.55. The minimum atomic E-state index is -0.647. The maximum atomic E-state index is 12.5. The van der Waals surface area contributed by atoms with Gasteiger partial charge in [0.2, 0.25) is 0 Å². The minimum absolute atomic E-state index is 0.207. The molecule has 0 aliphatic rings. The fourth-order valence-electron chi connectivity index (χ4n) is 1.94. The molecular formula is C13H22N4OS2. The van der Waals surface area contributed by atoms with Crippen LogP contribution in [0.15, 0.2) is 0 Å². The maximum absolute atomic E-state index is 12.5. The normalized spacial score (nSPS) is 12.2. The highest BCUT2D eigenvalue weighted by molar-refractivity contribution is 7.80. The molecule has 3 N–H and O–H groups in total. The molecule has 0 aliphatic heterocycles. The largest absolute Gasteiger partial charge is 0.391 e. The van der Waals surface area contributed by atoms with Gasteiger partial charge in [-0.2, -0.15) is 0 Å². The number of nitrogens with one attached hydrogen (secondary N) is 1. The number of amides is 1. The molecule has 7 heteroatoms. The van der Waals surface area contributed by atoms with Crippen molar-refractivity contribution in [1.82, 2.24) is 14.9 Å². The molecule has 1 aromatic heterocycles. The number of hydrogen-bond donors (Lipinski definition) is 2. The second kappa shape index (κ2) is 6.13. The van der Waals surface area contributed by atoms with E-state index in [1.807, 2.05) is 34.6 Å². The molecule has 0 spiro atoms. The van der Waals surface area contributed by atoms with Gasteiger partial charge in [0, 0.05) is 5.41 Å². The van der Waals surface area contributed by atoms with Crippen molar-refractivity contribution < 1.29 is 4.79 Å². The van der Waals surface area contributed by atoms with Gasteiger partial charge in [-0.1, -0.05) is 51.3 Å². The molecule has 20 heavy (non-hydrogen) atoms. The number of hydrogen-bond acceptors (Lipinski definition) is 5. The van der Waals surface area contributed by atoms with Gasteiger partial charge in [-0.3, -0.25) is 4.79 Å². The molecule has 1 aromatic rings. The molecule has 0 saturated carbocycles. The van der Waals surface area contributed by atoms with Crippen LogP contribution in [0.25, 0.3) is 0 Å². The van der Waals surface area contributed by atoms with Crippen LogP contribution in [-0.2, 0) is 5.41 Å². The van der Waals surface area contributed by atoms with Crippen LogP contribution in [0.5, 0.6) is 0 Å². The zero-order chi connectivity index (χ0) is 15.6. The molecule has 1 heterocycles. The third-order valence-electron chi connectivity index (χ3n) is 3.44. The molecule has 0 unspecified atom stereocenters. The van der Waals surface area contributed by atoms with Crippen molar-refractivity contribution in [1.29, 1.82) is 0 Å². The van der Waals surface area contributed by atoms with Gasteiger partial charge in [-0.25, -0.2) is 0 Å². The Labute approximate surface area is 129 Å². The zero-order valence-corrected chi connectivity index (χ0v) is 14.2. The molecule has 5 nitrogen and oxygen atoms in total. The molecule has 0 fully saturated rings. The summed E-state index contributed by atoms with van der Waals surface area (Å²) in [5.74, 6) is -0.207. The predicted octanol–water partition coefficient (Wildman–Crippen LogP) is 2.41. The standard InChI is InChI=1S/C13H22N4OS2/c1-6-13(7-2,11(14)19)15-10(18)8-9(12(3,4)5)16-17-20-8/h6-7H2,1-5H3,(H2,14,19)(H,15,18). The molecule has 0 bridgehead atoms. The first-order valence-corrected chi connectivity index (χ1v) is 7.81. The van der Waals surface area contributed by atoms with Crippen LogP contribution in [0, 0.1) is 0 Å². The lowest BCUT2D eigenvalue weighted by atomic mass is 9.90.